The number of amides is 1. The zero-order chi connectivity index (χ0) is 20.4. The highest BCUT2D eigenvalue weighted by molar-refractivity contribution is 5.98. The van der Waals surface area contributed by atoms with E-state index >= 15 is 0 Å². The van der Waals surface area contributed by atoms with Gasteiger partial charge in [-0.3, -0.25) is 4.79 Å². The summed E-state index contributed by atoms with van der Waals surface area (Å²) in [6.07, 6.45) is 3.25. The van der Waals surface area contributed by atoms with Crippen molar-refractivity contribution in [1.82, 2.24) is 15.3 Å². The minimum Gasteiger partial charge on any atom is -0.489 e. The average Bonchev–Trinajstić information content (AvgIpc) is 3.09. The molecular weight excluding hydrogens is 372 g/mol. The highest BCUT2D eigenvalue weighted by Gasteiger charge is 2.26. The molecule has 1 amide bonds. The van der Waals surface area contributed by atoms with Crippen molar-refractivity contribution in [2.45, 2.75) is 45.4 Å². The van der Waals surface area contributed by atoms with E-state index in [0.29, 0.717) is 23.7 Å². The lowest BCUT2D eigenvalue weighted by molar-refractivity contribution is 0.0965. The molecule has 4 rings (SSSR count). The molecule has 0 aromatic carbocycles. The Morgan fingerprint density at radius 1 is 1.34 bits per heavy atom. The largest absolute Gasteiger partial charge is 0.489 e. The lowest BCUT2D eigenvalue weighted by Gasteiger charge is -2.33. The number of hydrogen-bond acceptors (Lipinski definition) is 7. The number of nitrogens with zero attached hydrogens (tertiary/aromatic N) is 3. The van der Waals surface area contributed by atoms with Crippen molar-refractivity contribution < 1.29 is 19.4 Å². The van der Waals surface area contributed by atoms with Crippen LogP contribution >= 0.6 is 0 Å². The normalized spacial score (nSPS) is 17.6. The number of ether oxygens (including phenoxy) is 2. The Kier molecular flexibility index (Phi) is 5.53. The van der Waals surface area contributed by atoms with E-state index in [1.54, 1.807) is 19.2 Å². The van der Waals surface area contributed by atoms with Crippen LogP contribution in [0.4, 0.5) is 5.82 Å². The van der Waals surface area contributed by atoms with E-state index in [2.05, 4.69) is 15.2 Å². The standard InChI is InChI=1S/C21H26N4O4/c1-13-9-17-18(11-23-21(17)27)24-20(13)25-7-5-15(6-8-25)29-16-3-4-19(22-10-16)28-14(2)12-26/h3-4,9-10,14-15,26H,5-8,11-12H2,1-2H3,(H,23,27). The van der Waals surface area contributed by atoms with Gasteiger partial charge in [-0.1, -0.05) is 0 Å². The van der Waals surface area contributed by atoms with Gasteiger partial charge in [-0.25, -0.2) is 9.97 Å². The minimum atomic E-state index is -0.288. The first-order valence-corrected chi connectivity index (χ1v) is 9.97. The Morgan fingerprint density at radius 3 is 2.83 bits per heavy atom. The quantitative estimate of drug-likeness (QED) is 0.766. The summed E-state index contributed by atoms with van der Waals surface area (Å²) in [6.45, 7) is 5.94. The van der Waals surface area contributed by atoms with Gasteiger partial charge in [0.05, 0.1) is 30.6 Å². The molecule has 0 saturated carbocycles. The summed E-state index contributed by atoms with van der Waals surface area (Å²) in [7, 11) is 0. The number of anilines is 1. The number of hydrogen-bond donors (Lipinski definition) is 2. The Hall–Kier alpha value is -2.87. The van der Waals surface area contributed by atoms with Crippen molar-refractivity contribution in [2.24, 2.45) is 0 Å². The van der Waals surface area contributed by atoms with Crippen molar-refractivity contribution in [3.05, 3.63) is 41.2 Å². The number of aromatic nitrogens is 2. The second-order valence-electron chi connectivity index (χ2n) is 7.55. The molecule has 29 heavy (non-hydrogen) atoms. The van der Waals surface area contributed by atoms with Gasteiger partial charge < -0.3 is 24.8 Å². The number of nitrogens with one attached hydrogen (secondary N) is 1. The molecule has 8 nitrogen and oxygen atoms in total. The summed E-state index contributed by atoms with van der Waals surface area (Å²) in [5, 5.41) is 11.9. The summed E-state index contributed by atoms with van der Waals surface area (Å²) in [5.41, 5.74) is 2.55. The molecular formula is C21H26N4O4. The van der Waals surface area contributed by atoms with Gasteiger partial charge in [0.2, 0.25) is 5.88 Å². The second kappa shape index (κ2) is 8.24. The van der Waals surface area contributed by atoms with E-state index in [4.69, 9.17) is 19.6 Å². The average molecular weight is 398 g/mol. The molecule has 2 N–H and O–H groups in total. The molecule has 0 radical (unpaired) electrons. The van der Waals surface area contributed by atoms with E-state index in [-0.39, 0.29) is 24.7 Å². The highest BCUT2D eigenvalue weighted by atomic mass is 16.5. The molecule has 2 aromatic heterocycles. The molecule has 1 unspecified atom stereocenters. The highest BCUT2D eigenvalue weighted by Crippen LogP contribution is 2.27. The van der Waals surface area contributed by atoms with E-state index < -0.39 is 0 Å². The molecule has 4 heterocycles. The molecule has 154 valence electrons. The molecule has 2 aliphatic rings. The Bertz CT molecular complexity index is 879. The van der Waals surface area contributed by atoms with E-state index in [0.717, 1.165) is 43.0 Å². The Morgan fingerprint density at radius 2 is 2.14 bits per heavy atom. The van der Waals surface area contributed by atoms with Crippen LogP contribution in [-0.4, -0.2) is 52.9 Å². The third-order valence-corrected chi connectivity index (χ3v) is 5.26. The number of carbonyl (C=O) groups is 1. The predicted octanol–water partition coefficient (Wildman–Crippen LogP) is 1.84. The van der Waals surface area contributed by atoms with Gasteiger partial charge in [0, 0.05) is 32.0 Å². The van der Waals surface area contributed by atoms with Crippen LogP contribution in [-0.2, 0) is 6.54 Å². The minimum absolute atomic E-state index is 0.0369. The molecule has 0 aliphatic carbocycles. The van der Waals surface area contributed by atoms with Crippen LogP contribution in [0.3, 0.4) is 0 Å². The maximum Gasteiger partial charge on any atom is 0.253 e. The molecule has 1 atom stereocenters. The monoisotopic (exact) mass is 398 g/mol. The van der Waals surface area contributed by atoms with Crippen LogP contribution in [0, 0.1) is 6.92 Å². The maximum atomic E-state index is 11.8. The third-order valence-electron chi connectivity index (χ3n) is 5.26. The smallest absolute Gasteiger partial charge is 0.253 e. The fourth-order valence-electron chi connectivity index (χ4n) is 3.68. The molecule has 2 aromatic rings. The molecule has 8 heteroatoms. The van der Waals surface area contributed by atoms with E-state index in [1.807, 2.05) is 19.1 Å². The number of aryl methyl sites for hydroxylation is 1. The van der Waals surface area contributed by atoms with Crippen molar-refractivity contribution >= 4 is 11.7 Å². The topological polar surface area (TPSA) is 96.8 Å². The van der Waals surface area contributed by atoms with Crippen molar-refractivity contribution in [3.8, 4) is 11.6 Å². The van der Waals surface area contributed by atoms with Crippen LogP contribution in [0.1, 0.15) is 41.4 Å². The van der Waals surface area contributed by atoms with Crippen LogP contribution in [0.25, 0.3) is 0 Å². The molecule has 0 bridgehead atoms. The summed E-state index contributed by atoms with van der Waals surface area (Å²) < 4.78 is 11.5. The van der Waals surface area contributed by atoms with Gasteiger partial charge in [0.25, 0.3) is 5.91 Å². The lowest BCUT2D eigenvalue weighted by atomic mass is 10.1. The summed E-state index contributed by atoms with van der Waals surface area (Å²) in [4.78, 5) is 23.0. The van der Waals surface area contributed by atoms with Crippen molar-refractivity contribution in [1.29, 1.82) is 0 Å². The third kappa shape index (κ3) is 4.27. The SMILES string of the molecule is Cc1cc2c(nc1N1CCC(Oc3ccc(OC(C)CO)nc3)CC1)CNC2=O. The number of pyridine rings is 2. The molecule has 1 fully saturated rings. The summed E-state index contributed by atoms with van der Waals surface area (Å²) in [5.74, 6) is 2.11. The number of fused-ring (bicyclic) bond motifs is 1. The second-order valence-corrected chi connectivity index (χ2v) is 7.55. The van der Waals surface area contributed by atoms with Gasteiger partial charge in [0.15, 0.2) is 0 Å². The van der Waals surface area contributed by atoms with Crippen molar-refractivity contribution in [2.75, 3.05) is 24.6 Å². The van der Waals surface area contributed by atoms with E-state index in [1.165, 1.54) is 0 Å². The summed E-state index contributed by atoms with van der Waals surface area (Å²) >= 11 is 0. The van der Waals surface area contributed by atoms with Crippen molar-refractivity contribution in [3.63, 3.8) is 0 Å². The van der Waals surface area contributed by atoms with Crippen LogP contribution < -0.4 is 19.7 Å². The molecule has 1 saturated heterocycles. The number of piperidine rings is 1. The predicted molar refractivity (Wildman–Crippen MR) is 107 cm³/mol. The van der Waals surface area contributed by atoms with Gasteiger partial charge in [0.1, 0.15) is 23.8 Å². The number of aliphatic hydroxyl groups excluding tert-OH is 1. The Labute approximate surface area is 169 Å². The maximum absolute atomic E-state index is 11.8. The number of rotatable bonds is 6. The summed E-state index contributed by atoms with van der Waals surface area (Å²) in [6, 6.07) is 5.54. The zero-order valence-corrected chi connectivity index (χ0v) is 16.7. The zero-order valence-electron chi connectivity index (χ0n) is 16.7. The van der Waals surface area contributed by atoms with Crippen LogP contribution in [0.15, 0.2) is 24.4 Å². The van der Waals surface area contributed by atoms with Gasteiger partial charge in [-0.2, -0.15) is 0 Å². The molecule has 0 spiro atoms. The molecule has 2 aliphatic heterocycles. The van der Waals surface area contributed by atoms with E-state index in [9.17, 15) is 4.79 Å². The fraction of sp³-hybridized carbons (Fsp3) is 0.476. The number of carbonyl (C=O) groups excluding carboxylic acids is 1. The van der Waals surface area contributed by atoms with Crippen LogP contribution in [0.2, 0.25) is 0 Å². The number of aliphatic hydroxyl groups is 1. The van der Waals surface area contributed by atoms with Gasteiger partial charge in [-0.15, -0.1) is 0 Å². The van der Waals surface area contributed by atoms with Gasteiger partial charge in [-0.05, 0) is 31.5 Å². The van der Waals surface area contributed by atoms with Gasteiger partial charge >= 0.3 is 0 Å². The first-order chi connectivity index (χ1) is 14.0. The lowest BCUT2D eigenvalue weighted by Crippen LogP contribution is -2.39. The first-order valence-electron chi connectivity index (χ1n) is 9.97. The van der Waals surface area contributed by atoms with Crippen LogP contribution in [0.5, 0.6) is 11.6 Å². The fourth-order valence-corrected chi connectivity index (χ4v) is 3.68. The Balaban J connectivity index is 1.34. The first kappa shape index (κ1) is 19.4.